The second kappa shape index (κ2) is 47.1. The first-order valence-corrected chi connectivity index (χ1v) is 25.7. The Morgan fingerprint density at radius 1 is 0.508 bits per heavy atom. The van der Waals surface area contributed by atoms with Gasteiger partial charge in [0.1, 0.15) is 6.10 Å². The van der Waals surface area contributed by atoms with E-state index in [1.54, 1.807) is 0 Å². The normalized spacial score (nSPS) is 13.5. The highest BCUT2D eigenvalue weighted by Crippen LogP contribution is 2.18. The number of rotatable bonds is 46. The second-order valence-corrected chi connectivity index (χ2v) is 17.6. The van der Waals surface area contributed by atoms with Crippen LogP contribution in [-0.2, 0) is 14.3 Å². The van der Waals surface area contributed by atoms with Crippen molar-refractivity contribution in [1.29, 1.82) is 0 Å². The molecule has 0 aliphatic heterocycles. The molecule has 0 aliphatic carbocycles. The molecule has 59 heavy (non-hydrogen) atoms. The van der Waals surface area contributed by atoms with Crippen molar-refractivity contribution in [2.24, 2.45) is 0 Å². The Balaban J connectivity index is 4.50. The van der Waals surface area contributed by atoms with Gasteiger partial charge < -0.3 is 20.3 Å². The summed E-state index contributed by atoms with van der Waals surface area (Å²) in [5.74, 6) is -0.488. The summed E-state index contributed by atoms with van der Waals surface area (Å²) in [6.45, 7) is 6.36. The van der Waals surface area contributed by atoms with Gasteiger partial charge in [-0.05, 0) is 44.9 Å². The Morgan fingerprint density at radius 2 is 0.915 bits per heavy atom. The van der Waals surface area contributed by atoms with Gasteiger partial charge in [0, 0.05) is 6.42 Å². The fourth-order valence-corrected chi connectivity index (χ4v) is 7.90. The number of hydrogen-bond donors (Lipinski definition) is 3. The van der Waals surface area contributed by atoms with Gasteiger partial charge in [-0.2, -0.15) is 0 Å². The van der Waals surface area contributed by atoms with Crippen molar-refractivity contribution in [2.75, 3.05) is 6.61 Å². The second-order valence-electron chi connectivity index (χ2n) is 17.6. The van der Waals surface area contributed by atoms with Crippen molar-refractivity contribution in [3.05, 3.63) is 36.5 Å². The largest absolute Gasteiger partial charge is 0.462 e. The highest BCUT2D eigenvalue weighted by Gasteiger charge is 2.24. The van der Waals surface area contributed by atoms with Crippen LogP contribution in [0.25, 0.3) is 0 Å². The van der Waals surface area contributed by atoms with Gasteiger partial charge in [-0.15, -0.1) is 0 Å². The van der Waals surface area contributed by atoms with Gasteiger partial charge >= 0.3 is 5.97 Å². The van der Waals surface area contributed by atoms with Gasteiger partial charge in [-0.25, -0.2) is 0 Å². The maximum absolute atomic E-state index is 13.2. The van der Waals surface area contributed by atoms with E-state index in [9.17, 15) is 19.8 Å². The van der Waals surface area contributed by atoms with Crippen LogP contribution >= 0.6 is 0 Å². The van der Waals surface area contributed by atoms with Crippen molar-refractivity contribution in [2.45, 2.75) is 283 Å². The molecule has 0 radical (unpaired) electrons. The summed E-state index contributed by atoms with van der Waals surface area (Å²) in [5.41, 5.74) is 0. The van der Waals surface area contributed by atoms with Gasteiger partial charge in [0.25, 0.3) is 0 Å². The first kappa shape index (κ1) is 57.1. The minimum Gasteiger partial charge on any atom is -0.462 e. The van der Waals surface area contributed by atoms with Crippen LogP contribution in [0.15, 0.2) is 36.5 Å². The summed E-state index contributed by atoms with van der Waals surface area (Å²) in [6.07, 6.45) is 54.9. The zero-order chi connectivity index (χ0) is 43.1. The first-order valence-electron chi connectivity index (χ1n) is 25.7. The topological polar surface area (TPSA) is 95.9 Å². The lowest BCUT2D eigenvalue weighted by molar-refractivity contribution is -0.151. The lowest BCUT2D eigenvalue weighted by Crippen LogP contribution is -2.46. The molecule has 0 bridgehead atoms. The van der Waals surface area contributed by atoms with Crippen molar-refractivity contribution < 1.29 is 24.5 Å². The number of unbranched alkanes of at least 4 members (excludes halogenated alkanes) is 30. The number of carbonyl (C=O) groups excluding carboxylic acids is 2. The Hall–Kier alpha value is -1.92. The summed E-state index contributed by atoms with van der Waals surface area (Å²) < 4.78 is 5.91. The molecule has 0 heterocycles. The number of allylic oxidation sites excluding steroid dienone is 6. The standard InChI is InChI=1S/C53H99NO5/c1-4-7-10-13-16-19-22-24-25-26-28-30-33-36-39-42-45-51(56)50(48-55)54-52(57)47-49(44-41-38-35-32-29-21-18-15-12-9-6-3)59-53(58)46-43-40-37-34-31-27-23-20-17-14-11-8-5-2/h8,11,14,17,20,23,49-51,55-56H,4-7,9-10,12-13,15-16,18-19,21-22,24-48H2,1-3H3,(H,54,57)/b11-8+,17-14+,23-20-. The van der Waals surface area contributed by atoms with E-state index in [1.165, 1.54) is 148 Å². The van der Waals surface area contributed by atoms with E-state index in [0.717, 1.165) is 70.6 Å². The van der Waals surface area contributed by atoms with Crippen LogP contribution in [0.1, 0.15) is 265 Å². The minimum absolute atomic E-state index is 0.0728. The Kier molecular flexibility index (Phi) is 45.6. The molecule has 1 amide bonds. The average molecular weight is 830 g/mol. The van der Waals surface area contributed by atoms with E-state index in [1.807, 2.05) is 0 Å². The van der Waals surface area contributed by atoms with E-state index in [2.05, 4.69) is 62.5 Å². The third kappa shape index (κ3) is 42.6. The van der Waals surface area contributed by atoms with Crippen LogP contribution < -0.4 is 5.32 Å². The van der Waals surface area contributed by atoms with Crippen molar-refractivity contribution >= 4 is 11.9 Å². The molecule has 0 rings (SSSR count). The van der Waals surface area contributed by atoms with Crippen LogP contribution in [0, 0.1) is 0 Å². The number of ether oxygens (including phenoxy) is 1. The summed E-state index contributed by atoms with van der Waals surface area (Å²) in [6, 6.07) is -0.702. The first-order chi connectivity index (χ1) is 29.0. The minimum atomic E-state index is -0.788. The quantitative estimate of drug-likeness (QED) is 0.0323. The Labute approximate surface area is 366 Å². The molecule has 0 saturated heterocycles. The average Bonchev–Trinajstić information content (AvgIpc) is 3.23. The fraction of sp³-hybridized carbons (Fsp3) is 0.849. The Morgan fingerprint density at radius 3 is 1.37 bits per heavy atom. The molecule has 6 nitrogen and oxygen atoms in total. The summed E-state index contributed by atoms with van der Waals surface area (Å²) >= 11 is 0. The Bertz CT molecular complexity index is 977. The van der Waals surface area contributed by atoms with Gasteiger partial charge in [0.05, 0.1) is 25.2 Å². The van der Waals surface area contributed by atoms with E-state index in [0.29, 0.717) is 19.3 Å². The highest BCUT2D eigenvalue weighted by atomic mass is 16.5. The zero-order valence-corrected chi connectivity index (χ0v) is 39.4. The van der Waals surface area contributed by atoms with Crippen molar-refractivity contribution in [3.63, 3.8) is 0 Å². The molecule has 0 spiro atoms. The summed E-state index contributed by atoms with van der Waals surface area (Å²) in [4.78, 5) is 26.1. The molecular formula is C53H99NO5. The number of aliphatic hydroxyl groups is 2. The van der Waals surface area contributed by atoms with Gasteiger partial charge in [-0.3, -0.25) is 9.59 Å². The molecule has 6 heteroatoms. The van der Waals surface area contributed by atoms with Crippen LogP contribution in [0.3, 0.4) is 0 Å². The zero-order valence-electron chi connectivity index (χ0n) is 39.4. The lowest BCUT2D eigenvalue weighted by atomic mass is 10.0. The predicted molar refractivity (Wildman–Crippen MR) is 255 cm³/mol. The molecule has 3 unspecified atom stereocenters. The number of aliphatic hydroxyl groups excluding tert-OH is 2. The molecule has 0 aromatic carbocycles. The molecule has 3 atom stereocenters. The number of nitrogens with one attached hydrogen (secondary N) is 1. The van der Waals surface area contributed by atoms with Crippen LogP contribution in [0.4, 0.5) is 0 Å². The van der Waals surface area contributed by atoms with Gasteiger partial charge in [-0.1, -0.05) is 243 Å². The van der Waals surface area contributed by atoms with Crippen LogP contribution in [0.2, 0.25) is 0 Å². The fourth-order valence-electron chi connectivity index (χ4n) is 7.90. The molecule has 0 fully saturated rings. The number of hydrogen-bond acceptors (Lipinski definition) is 5. The van der Waals surface area contributed by atoms with Crippen LogP contribution in [-0.4, -0.2) is 46.9 Å². The highest BCUT2D eigenvalue weighted by molar-refractivity contribution is 5.77. The number of amides is 1. The number of esters is 1. The van der Waals surface area contributed by atoms with Gasteiger partial charge in [0.15, 0.2) is 0 Å². The smallest absolute Gasteiger partial charge is 0.306 e. The summed E-state index contributed by atoms with van der Waals surface area (Å²) in [7, 11) is 0. The van der Waals surface area contributed by atoms with E-state index < -0.39 is 18.2 Å². The van der Waals surface area contributed by atoms with Gasteiger partial charge in [0.2, 0.25) is 5.91 Å². The third-order valence-electron chi connectivity index (χ3n) is 11.8. The van der Waals surface area contributed by atoms with E-state index in [-0.39, 0.29) is 24.9 Å². The SMILES string of the molecule is CC/C=C/C=C/C=C\CCCCCCCC(=O)OC(CCCCCCCCCCCCC)CC(=O)NC(CO)C(O)CCCCCCCCCCCCCCCCCC. The predicted octanol–water partition coefficient (Wildman–Crippen LogP) is 15.3. The molecule has 0 aromatic rings. The monoisotopic (exact) mass is 830 g/mol. The molecular weight excluding hydrogens is 731 g/mol. The molecule has 346 valence electrons. The molecule has 0 aliphatic rings. The molecule has 0 saturated carbocycles. The maximum Gasteiger partial charge on any atom is 0.306 e. The van der Waals surface area contributed by atoms with Crippen LogP contribution in [0.5, 0.6) is 0 Å². The molecule has 0 aromatic heterocycles. The maximum atomic E-state index is 13.2. The number of carbonyl (C=O) groups is 2. The van der Waals surface area contributed by atoms with Crippen molar-refractivity contribution in [1.82, 2.24) is 5.32 Å². The lowest BCUT2D eigenvalue weighted by Gasteiger charge is -2.24. The van der Waals surface area contributed by atoms with E-state index in [4.69, 9.17) is 4.74 Å². The molecule has 3 N–H and O–H groups in total. The van der Waals surface area contributed by atoms with E-state index >= 15 is 0 Å². The summed E-state index contributed by atoms with van der Waals surface area (Å²) in [5, 5.41) is 23.8. The third-order valence-corrected chi connectivity index (χ3v) is 11.8. The van der Waals surface area contributed by atoms with Crippen molar-refractivity contribution in [3.8, 4) is 0 Å².